The van der Waals surface area contributed by atoms with Gasteiger partial charge in [0.15, 0.2) is 0 Å². The second-order valence-electron chi connectivity index (χ2n) is 9.47. The Bertz CT molecular complexity index is 1070. The largest absolute Gasteiger partial charge is 0.496 e. The molecular weight excluding hydrogens is 434 g/mol. The number of fused-ring (bicyclic) bond motifs is 1. The number of rotatable bonds is 6. The third kappa shape index (κ3) is 4.91. The number of nitrogens with zero attached hydrogens (tertiary/aromatic N) is 3. The summed E-state index contributed by atoms with van der Waals surface area (Å²) in [6.45, 7) is 3.21. The molecule has 1 unspecified atom stereocenters. The van der Waals surface area contributed by atoms with Crippen LogP contribution in [0.4, 0.5) is 0 Å². The van der Waals surface area contributed by atoms with E-state index >= 15 is 0 Å². The lowest BCUT2D eigenvalue weighted by molar-refractivity contribution is -0.132. The van der Waals surface area contributed by atoms with Gasteiger partial charge < -0.3 is 23.5 Å². The monoisotopic (exact) mass is 469 g/mol. The minimum absolute atomic E-state index is 0.149. The van der Waals surface area contributed by atoms with Gasteiger partial charge in [-0.15, -0.1) is 0 Å². The molecule has 2 aromatic heterocycles. The SMILES string of the molecule is COc1cc(=O)n2c(c1C(=O)N(C)C(C)c1ccco1)CCN(C(=O)CC1CCCCC1)CC2. The van der Waals surface area contributed by atoms with Crippen molar-refractivity contribution in [3.63, 3.8) is 0 Å². The number of methoxy groups -OCH3 is 1. The minimum atomic E-state index is -0.292. The Morgan fingerprint density at radius 3 is 2.65 bits per heavy atom. The number of ether oxygens (including phenoxy) is 1. The summed E-state index contributed by atoms with van der Waals surface area (Å²) in [7, 11) is 3.18. The van der Waals surface area contributed by atoms with Crippen molar-refractivity contribution in [2.24, 2.45) is 5.92 Å². The quantitative estimate of drug-likeness (QED) is 0.645. The third-order valence-corrected chi connectivity index (χ3v) is 7.42. The zero-order valence-corrected chi connectivity index (χ0v) is 20.4. The fraction of sp³-hybridized carbons (Fsp3) is 0.577. The van der Waals surface area contributed by atoms with Crippen LogP contribution in [-0.2, 0) is 17.8 Å². The molecule has 0 spiro atoms. The standard InChI is InChI=1S/C26H35N3O5/c1-18(21-10-7-15-34-21)27(2)26(32)25-20-11-12-28(23(30)16-19-8-5-4-6-9-19)13-14-29(20)24(31)17-22(25)33-3/h7,10,15,17-19H,4-6,8-9,11-14,16H2,1-3H3. The van der Waals surface area contributed by atoms with E-state index in [2.05, 4.69) is 0 Å². The first kappa shape index (κ1) is 24.1. The summed E-state index contributed by atoms with van der Waals surface area (Å²) < 4.78 is 12.6. The number of pyridine rings is 1. The lowest BCUT2D eigenvalue weighted by atomic mass is 9.86. The van der Waals surface area contributed by atoms with Crippen LogP contribution in [0.15, 0.2) is 33.7 Å². The maximum absolute atomic E-state index is 13.6. The molecule has 1 fully saturated rings. The van der Waals surface area contributed by atoms with Gasteiger partial charge in [0.2, 0.25) is 5.91 Å². The Kier molecular flexibility index (Phi) is 7.44. The Morgan fingerprint density at radius 1 is 1.21 bits per heavy atom. The molecule has 0 saturated heterocycles. The van der Waals surface area contributed by atoms with Crippen LogP contribution in [0.3, 0.4) is 0 Å². The molecule has 1 aliphatic carbocycles. The van der Waals surface area contributed by atoms with E-state index in [0.29, 0.717) is 55.4 Å². The van der Waals surface area contributed by atoms with Gasteiger partial charge in [0.1, 0.15) is 17.1 Å². The Balaban J connectivity index is 1.58. The van der Waals surface area contributed by atoms with E-state index in [0.717, 1.165) is 12.8 Å². The molecule has 34 heavy (non-hydrogen) atoms. The van der Waals surface area contributed by atoms with Crippen LogP contribution in [0.1, 0.15) is 73.3 Å². The highest BCUT2D eigenvalue weighted by Crippen LogP contribution is 2.29. The summed E-state index contributed by atoms with van der Waals surface area (Å²) in [5, 5.41) is 0. The molecule has 8 nitrogen and oxygen atoms in total. The van der Waals surface area contributed by atoms with E-state index < -0.39 is 0 Å². The summed E-state index contributed by atoms with van der Waals surface area (Å²) in [4.78, 5) is 43.0. The van der Waals surface area contributed by atoms with Crippen molar-refractivity contribution in [2.75, 3.05) is 27.2 Å². The molecule has 0 bridgehead atoms. The van der Waals surface area contributed by atoms with Gasteiger partial charge in [-0.2, -0.15) is 0 Å². The lowest BCUT2D eigenvalue weighted by Gasteiger charge is -2.26. The number of carbonyl (C=O) groups is 2. The smallest absolute Gasteiger partial charge is 0.259 e. The molecule has 1 saturated carbocycles. The predicted molar refractivity (Wildman–Crippen MR) is 128 cm³/mol. The summed E-state index contributed by atoms with van der Waals surface area (Å²) in [6, 6.07) is 4.70. The Labute approximate surface area is 200 Å². The van der Waals surface area contributed by atoms with Gasteiger partial charge in [-0.25, -0.2) is 0 Å². The van der Waals surface area contributed by atoms with Gasteiger partial charge in [0.25, 0.3) is 11.5 Å². The minimum Gasteiger partial charge on any atom is -0.496 e. The molecule has 8 heteroatoms. The molecule has 3 heterocycles. The van der Waals surface area contributed by atoms with E-state index in [1.165, 1.54) is 32.4 Å². The molecule has 1 atom stereocenters. The predicted octanol–water partition coefficient (Wildman–Crippen LogP) is 3.64. The average molecular weight is 470 g/mol. The molecule has 2 aliphatic rings. The van der Waals surface area contributed by atoms with Crippen molar-refractivity contribution in [1.29, 1.82) is 0 Å². The summed E-state index contributed by atoms with van der Waals surface area (Å²) in [5.74, 6) is 1.31. The molecule has 0 N–H and O–H groups in total. The topological polar surface area (TPSA) is 85.0 Å². The number of aromatic nitrogens is 1. The highest BCUT2D eigenvalue weighted by Gasteiger charge is 2.31. The van der Waals surface area contributed by atoms with Crippen molar-refractivity contribution in [3.05, 3.63) is 51.8 Å². The van der Waals surface area contributed by atoms with Gasteiger partial charge in [-0.1, -0.05) is 19.3 Å². The number of carbonyl (C=O) groups excluding carboxylic acids is 2. The van der Waals surface area contributed by atoms with Crippen LogP contribution in [-0.4, -0.2) is 53.4 Å². The van der Waals surface area contributed by atoms with Crippen LogP contribution in [0.25, 0.3) is 0 Å². The number of hydrogen-bond donors (Lipinski definition) is 0. The molecule has 2 aromatic rings. The second kappa shape index (κ2) is 10.5. The Morgan fingerprint density at radius 2 is 1.97 bits per heavy atom. The fourth-order valence-corrected chi connectivity index (χ4v) is 5.23. The maximum Gasteiger partial charge on any atom is 0.259 e. The highest BCUT2D eigenvalue weighted by molar-refractivity contribution is 5.98. The van der Waals surface area contributed by atoms with Crippen molar-refractivity contribution in [3.8, 4) is 5.75 Å². The van der Waals surface area contributed by atoms with Crippen LogP contribution < -0.4 is 10.3 Å². The van der Waals surface area contributed by atoms with E-state index in [1.54, 1.807) is 28.8 Å². The number of amides is 2. The lowest BCUT2D eigenvalue weighted by Crippen LogP contribution is -2.35. The van der Waals surface area contributed by atoms with Crippen LogP contribution >= 0.6 is 0 Å². The highest BCUT2D eigenvalue weighted by atomic mass is 16.5. The van der Waals surface area contributed by atoms with Gasteiger partial charge in [0.05, 0.1) is 19.4 Å². The summed E-state index contributed by atoms with van der Waals surface area (Å²) in [6.07, 6.45) is 8.49. The first-order valence-electron chi connectivity index (χ1n) is 12.3. The van der Waals surface area contributed by atoms with E-state index in [9.17, 15) is 14.4 Å². The van der Waals surface area contributed by atoms with Gasteiger partial charge in [-0.05, 0) is 37.8 Å². The molecule has 0 aromatic carbocycles. The Hall–Kier alpha value is -3.03. The third-order valence-electron chi connectivity index (χ3n) is 7.42. The van der Waals surface area contributed by atoms with Crippen molar-refractivity contribution < 1.29 is 18.7 Å². The normalized spacial score (nSPS) is 17.6. The van der Waals surface area contributed by atoms with Crippen LogP contribution in [0, 0.1) is 5.92 Å². The van der Waals surface area contributed by atoms with Crippen molar-refractivity contribution in [1.82, 2.24) is 14.4 Å². The first-order chi connectivity index (χ1) is 16.4. The van der Waals surface area contributed by atoms with Crippen molar-refractivity contribution in [2.45, 2.75) is 64.5 Å². The molecule has 184 valence electrons. The van der Waals surface area contributed by atoms with Crippen molar-refractivity contribution >= 4 is 11.8 Å². The first-order valence-corrected chi connectivity index (χ1v) is 12.3. The number of furan rings is 1. The van der Waals surface area contributed by atoms with E-state index in [4.69, 9.17) is 9.15 Å². The second-order valence-corrected chi connectivity index (χ2v) is 9.47. The zero-order chi connectivity index (χ0) is 24.2. The molecular formula is C26H35N3O5. The molecule has 0 radical (unpaired) electrons. The molecule has 1 aliphatic heterocycles. The number of hydrogen-bond acceptors (Lipinski definition) is 5. The van der Waals surface area contributed by atoms with Gasteiger partial charge >= 0.3 is 0 Å². The molecule has 2 amide bonds. The molecule has 4 rings (SSSR count). The zero-order valence-electron chi connectivity index (χ0n) is 20.4. The van der Waals surface area contributed by atoms with Crippen LogP contribution in [0.2, 0.25) is 0 Å². The van der Waals surface area contributed by atoms with E-state index in [-0.39, 0.29) is 29.2 Å². The summed E-state index contributed by atoms with van der Waals surface area (Å²) in [5.41, 5.74) is 0.789. The average Bonchev–Trinajstić information content (AvgIpc) is 3.29. The van der Waals surface area contributed by atoms with Crippen LogP contribution in [0.5, 0.6) is 5.75 Å². The van der Waals surface area contributed by atoms with Gasteiger partial charge in [-0.3, -0.25) is 14.4 Å². The van der Waals surface area contributed by atoms with E-state index in [1.807, 2.05) is 17.9 Å². The maximum atomic E-state index is 13.6. The fourth-order valence-electron chi connectivity index (χ4n) is 5.23. The summed E-state index contributed by atoms with van der Waals surface area (Å²) >= 11 is 0. The van der Waals surface area contributed by atoms with Gasteiger partial charge in [0, 0.05) is 51.3 Å².